The van der Waals surface area contributed by atoms with Crippen LogP contribution in [0.25, 0.3) is 0 Å². The molecule has 3 aromatic carbocycles. The SMILES string of the molecule is O=C(C[S@@](=O)[C@H](c1ccccc1)c1ccc(Cl)cc1)NCc1ccc(F)cc1. The molecule has 0 heterocycles. The Labute approximate surface area is 171 Å². The molecule has 144 valence electrons. The number of rotatable bonds is 7. The standard InChI is InChI=1S/C22H19ClFNO2S/c23-19-10-8-18(9-11-19)22(17-4-2-1-3-5-17)28(27)15-21(26)25-14-16-6-12-20(24)13-7-16/h1-13,22H,14-15H2,(H,25,26)/t22-,28-/m1/s1. The number of carbonyl (C=O) groups excluding carboxylic acids is 1. The Kier molecular flexibility index (Phi) is 6.95. The van der Waals surface area contributed by atoms with E-state index in [9.17, 15) is 13.4 Å². The van der Waals surface area contributed by atoms with Crippen LogP contribution < -0.4 is 5.32 Å². The zero-order valence-corrected chi connectivity index (χ0v) is 16.6. The van der Waals surface area contributed by atoms with Crippen LogP contribution in [0.2, 0.25) is 5.02 Å². The van der Waals surface area contributed by atoms with E-state index in [1.165, 1.54) is 12.1 Å². The van der Waals surface area contributed by atoms with Crippen molar-refractivity contribution >= 4 is 28.3 Å². The van der Waals surface area contributed by atoms with E-state index in [1.807, 2.05) is 42.5 Å². The highest BCUT2D eigenvalue weighted by Crippen LogP contribution is 2.29. The zero-order chi connectivity index (χ0) is 19.9. The van der Waals surface area contributed by atoms with Crippen LogP contribution in [0.5, 0.6) is 0 Å². The molecule has 6 heteroatoms. The summed E-state index contributed by atoms with van der Waals surface area (Å²) in [4.78, 5) is 12.3. The third-order valence-corrected chi connectivity index (χ3v) is 6.08. The number of halogens is 2. The average Bonchev–Trinajstić information content (AvgIpc) is 2.70. The minimum Gasteiger partial charge on any atom is -0.351 e. The second-order valence-corrected chi connectivity index (χ2v) is 8.23. The number of nitrogens with one attached hydrogen (secondary N) is 1. The van der Waals surface area contributed by atoms with Crippen LogP contribution in [0, 0.1) is 5.82 Å². The van der Waals surface area contributed by atoms with Crippen LogP contribution in [0.15, 0.2) is 78.9 Å². The normalized spacial score (nSPS) is 12.9. The topological polar surface area (TPSA) is 46.2 Å². The van der Waals surface area contributed by atoms with Crippen LogP contribution in [0.3, 0.4) is 0 Å². The molecule has 0 saturated heterocycles. The minimum absolute atomic E-state index is 0.136. The lowest BCUT2D eigenvalue weighted by Crippen LogP contribution is -2.29. The molecule has 0 bridgehead atoms. The van der Waals surface area contributed by atoms with Gasteiger partial charge in [-0.2, -0.15) is 0 Å². The lowest BCUT2D eigenvalue weighted by atomic mass is 10.0. The fourth-order valence-corrected chi connectivity index (χ4v) is 4.40. The molecular weight excluding hydrogens is 397 g/mol. The summed E-state index contributed by atoms with van der Waals surface area (Å²) < 4.78 is 26.0. The smallest absolute Gasteiger partial charge is 0.232 e. The van der Waals surface area contributed by atoms with Crippen LogP contribution in [-0.2, 0) is 22.1 Å². The van der Waals surface area contributed by atoms with Crippen LogP contribution in [-0.4, -0.2) is 15.9 Å². The van der Waals surface area contributed by atoms with Crippen molar-refractivity contribution in [1.82, 2.24) is 5.32 Å². The second kappa shape index (κ2) is 9.62. The number of hydrogen-bond acceptors (Lipinski definition) is 2. The zero-order valence-electron chi connectivity index (χ0n) is 15.0. The first-order chi connectivity index (χ1) is 13.5. The summed E-state index contributed by atoms with van der Waals surface area (Å²) in [6.07, 6.45) is 0. The molecule has 3 aromatic rings. The number of amides is 1. The summed E-state index contributed by atoms with van der Waals surface area (Å²) in [6, 6.07) is 22.5. The van der Waals surface area contributed by atoms with Crippen LogP contribution >= 0.6 is 11.6 Å². The van der Waals surface area contributed by atoms with Gasteiger partial charge in [0.1, 0.15) is 11.6 Å². The van der Waals surface area contributed by atoms with Crippen molar-refractivity contribution in [2.45, 2.75) is 11.8 Å². The molecule has 0 saturated carbocycles. The van der Waals surface area contributed by atoms with Crippen LogP contribution in [0.1, 0.15) is 21.9 Å². The van der Waals surface area contributed by atoms with Gasteiger partial charge in [0.2, 0.25) is 5.91 Å². The van der Waals surface area contributed by atoms with E-state index in [-0.39, 0.29) is 24.0 Å². The van der Waals surface area contributed by atoms with Crippen molar-refractivity contribution in [1.29, 1.82) is 0 Å². The first-order valence-electron chi connectivity index (χ1n) is 8.71. The first kappa shape index (κ1) is 20.2. The van der Waals surface area contributed by atoms with E-state index < -0.39 is 16.0 Å². The maximum atomic E-state index is 13.1. The molecule has 3 nitrogen and oxygen atoms in total. The van der Waals surface area contributed by atoms with E-state index in [4.69, 9.17) is 11.6 Å². The van der Waals surface area contributed by atoms with E-state index >= 15 is 0 Å². The molecule has 0 radical (unpaired) electrons. The lowest BCUT2D eigenvalue weighted by Gasteiger charge is -2.18. The molecule has 0 spiro atoms. The first-order valence-corrected chi connectivity index (χ1v) is 10.5. The maximum Gasteiger partial charge on any atom is 0.232 e. The van der Waals surface area contributed by atoms with Gasteiger partial charge in [-0.3, -0.25) is 9.00 Å². The molecule has 0 unspecified atom stereocenters. The Hall–Kier alpha value is -2.50. The summed E-state index contributed by atoms with van der Waals surface area (Å²) in [6.45, 7) is 0.257. The molecule has 1 N–H and O–H groups in total. The predicted octanol–water partition coefficient (Wildman–Crippen LogP) is 4.63. The molecule has 1 amide bonds. The fraction of sp³-hybridized carbons (Fsp3) is 0.136. The van der Waals surface area contributed by atoms with Gasteiger partial charge in [-0.1, -0.05) is 66.2 Å². The molecular formula is C22H19ClFNO2S. The summed E-state index contributed by atoms with van der Waals surface area (Å²) in [5.74, 6) is -0.786. The summed E-state index contributed by atoms with van der Waals surface area (Å²) >= 11 is 5.97. The fourth-order valence-electron chi connectivity index (χ4n) is 2.83. The van der Waals surface area contributed by atoms with Crippen molar-refractivity contribution in [2.24, 2.45) is 0 Å². The quantitative estimate of drug-likeness (QED) is 0.611. The van der Waals surface area contributed by atoms with Crippen molar-refractivity contribution in [2.75, 3.05) is 5.75 Å². The molecule has 3 rings (SSSR count). The number of hydrogen-bond donors (Lipinski definition) is 1. The Morgan fingerprint density at radius 3 is 2.18 bits per heavy atom. The minimum atomic E-state index is -1.47. The molecule has 0 aliphatic carbocycles. The molecule has 2 atom stereocenters. The molecule has 0 aliphatic rings. The Bertz CT molecular complexity index is 947. The summed E-state index contributed by atoms with van der Waals surface area (Å²) in [5, 5.41) is 2.90. The second-order valence-electron chi connectivity index (χ2n) is 6.27. The van der Waals surface area contributed by atoms with Gasteiger partial charge in [0.15, 0.2) is 0 Å². The highest BCUT2D eigenvalue weighted by Gasteiger charge is 2.23. The third kappa shape index (κ3) is 5.50. The average molecular weight is 416 g/mol. The predicted molar refractivity (Wildman–Crippen MR) is 111 cm³/mol. The van der Waals surface area contributed by atoms with Crippen molar-refractivity contribution in [3.05, 3.63) is 106 Å². The lowest BCUT2D eigenvalue weighted by molar-refractivity contribution is -0.118. The summed E-state index contributed by atoms with van der Waals surface area (Å²) in [5.41, 5.74) is 2.48. The Morgan fingerprint density at radius 2 is 1.54 bits per heavy atom. The van der Waals surface area contributed by atoms with Gasteiger partial charge < -0.3 is 5.32 Å². The van der Waals surface area contributed by atoms with Gasteiger partial charge in [0.05, 0.1) is 5.25 Å². The maximum absolute atomic E-state index is 13.1. The number of benzene rings is 3. The van der Waals surface area contributed by atoms with E-state index in [2.05, 4.69) is 5.32 Å². The molecule has 0 fully saturated rings. The highest BCUT2D eigenvalue weighted by molar-refractivity contribution is 7.86. The summed E-state index contributed by atoms with van der Waals surface area (Å²) in [7, 11) is -1.47. The van der Waals surface area contributed by atoms with Gasteiger partial charge >= 0.3 is 0 Å². The van der Waals surface area contributed by atoms with E-state index in [1.54, 1.807) is 24.3 Å². The van der Waals surface area contributed by atoms with Crippen molar-refractivity contribution < 1.29 is 13.4 Å². The highest BCUT2D eigenvalue weighted by atomic mass is 35.5. The van der Waals surface area contributed by atoms with Crippen molar-refractivity contribution in [3.63, 3.8) is 0 Å². The number of carbonyl (C=O) groups is 1. The third-order valence-electron chi connectivity index (χ3n) is 4.21. The monoisotopic (exact) mass is 415 g/mol. The largest absolute Gasteiger partial charge is 0.351 e. The van der Waals surface area contributed by atoms with Gasteiger partial charge in [-0.25, -0.2) is 4.39 Å². The van der Waals surface area contributed by atoms with E-state index in [0.717, 1.165) is 16.7 Å². The van der Waals surface area contributed by atoms with E-state index in [0.29, 0.717) is 5.02 Å². The van der Waals surface area contributed by atoms with Gasteiger partial charge in [0, 0.05) is 22.4 Å². The molecule has 28 heavy (non-hydrogen) atoms. The van der Waals surface area contributed by atoms with Gasteiger partial charge in [-0.05, 0) is 41.0 Å². The van der Waals surface area contributed by atoms with Crippen LogP contribution in [0.4, 0.5) is 4.39 Å². The van der Waals surface area contributed by atoms with Gasteiger partial charge in [0.25, 0.3) is 0 Å². The Balaban J connectivity index is 1.71. The Morgan fingerprint density at radius 1 is 0.929 bits per heavy atom. The van der Waals surface area contributed by atoms with Gasteiger partial charge in [-0.15, -0.1) is 0 Å². The molecule has 0 aliphatic heterocycles. The molecule has 0 aromatic heterocycles. The van der Waals surface area contributed by atoms with Crippen molar-refractivity contribution in [3.8, 4) is 0 Å².